The van der Waals surface area contributed by atoms with Crippen molar-refractivity contribution in [2.75, 3.05) is 11.9 Å². The molecule has 0 amide bonds. The Balaban J connectivity index is 1.97. The van der Waals surface area contributed by atoms with Crippen LogP contribution in [0.3, 0.4) is 0 Å². The van der Waals surface area contributed by atoms with E-state index < -0.39 is 0 Å². The smallest absolute Gasteiger partial charge is 0.0617 e. The Kier molecular flexibility index (Phi) is 4.46. The van der Waals surface area contributed by atoms with Crippen LogP contribution >= 0.6 is 15.9 Å². The zero-order chi connectivity index (χ0) is 12.3. The molecular formula is C14H20BrNO. The summed E-state index contributed by atoms with van der Waals surface area (Å²) in [6.45, 7) is 5.32. The molecule has 1 aromatic rings. The van der Waals surface area contributed by atoms with Crippen LogP contribution in [-0.2, 0) is 4.74 Å². The normalized spacial score (nSPS) is 24.9. The molecule has 3 heteroatoms. The molecule has 1 N–H and O–H groups in total. The van der Waals surface area contributed by atoms with Crippen LogP contribution in [0.5, 0.6) is 0 Å². The van der Waals surface area contributed by atoms with Crippen LogP contribution in [0.2, 0.25) is 0 Å². The zero-order valence-electron chi connectivity index (χ0n) is 10.4. The van der Waals surface area contributed by atoms with Crippen molar-refractivity contribution in [3.8, 4) is 0 Å². The fourth-order valence-corrected chi connectivity index (χ4v) is 2.62. The van der Waals surface area contributed by atoms with Crippen LogP contribution in [0, 0.1) is 5.92 Å². The molecule has 0 aromatic heterocycles. The monoisotopic (exact) mass is 297 g/mol. The van der Waals surface area contributed by atoms with E-state index >= 15 is 0 Å². The van der Waals surface area contributed by atoms with E-state index in [0.29, 0.717) is 18.1 Å². The number of halogens is 1. The maximum absolute atomic E-state index is 5.79. The molecule has 17 heavy (non-hydrogen) atoms. The molecule has 1 aliphatic heterocycles. The third-order valence-corrected chi connectivity index (χ3v) is 3.98. The minimum Gasteiger partial charge on any atom is -0.381 e. The first-order chi connectivity index (χ1) is 8.16. The van der Waals surface area contributed by atoms with Crippen molar-refractivity contribution in [3.63, 3.8) is 0 Å². The van der Waals surface area contributed by atoms with Gasteiger partial charge in [-0.1, -0.05) is 26.0 Å². The number of ether oxygens (including phenoxy) is 1. The third-order valence-electron chi connectivity index (χ3n) is 3.29. The van der Waals surface area contributed by atoms with Crippen molar-refractivity contribution in [2.24, 2.45) is 5.92 Å². The average Bonchev–Trinajstić information content (AvgIpc) is 2.32. The molecule has 0 aliphatic carbocycles. The van der Waals surface area contributed by atoms with Crippen molar-refractivity contribution < 1.29 is 4.74 Å². The highest BCUT2D eigenvalue weighted by molar-refractivity contribution is 9.10. The lowest BCUT2D eigenvalue weighted by Gasteiger charge is -2.33. The standard InChI is InChI=1S/C14H20BrNO/c1-10(2)14-9-11(7-8-17-14)16-13-6-4-3-5-12(13)15/h3-6,10-11,14,16H,7-9H2,1-2H3. The van der Waals surface area contributed by atoms with Crippen molar-refractivity contribution in [1.82, 2.24) is 0 Å². The van der Waals surface area contributed by atoms with Gasteiger partial charge in [0.2, 0.25) is 0 Å². The average molecular weight is 298 g/mol. The molecule has 94 valence electrons. The predicted molar refractivity (Wildman–Crippen MR) is 75.4 cm³/mol. The van der Waals surface area contributed by atoms with Gasteiger partial charge in [0.1, 0.15) is 0 Å². The van der Waals surface area contributed by atoms with Gasteiger partial charge in [-0.05, 0) is 46.8 Å². The Morgan fingerprint density at radius 1 is 1.35 bits per heavy atom. The molecule has 0 spiro atoms. The molecule has 2 atom stereocenters. The number of anilines is 1. The Hall–Kier alpha value is -0.540. The zero-order valence-corrected chi connectivity index (χ0v) is 12.0. The fraction of sp³-hybridized carbons (Fsp3) is 0.571. The lowest BCUT2D eigenvalue weighted by Crippen LogP contribution is -2.36. The van der Waals surface area contributed by atoms with Gasteiger partial charge in [0.15, 0.2) is 0 Å². The van der Waals surface area contributed by atoms with E-state index in [2.05, 4.69) is 53.3 Å². The second-order valence-electron chi connectivity index (χ2n) is 5.00. The van der Waals surface area contributed by atoms with E-state index in [4.69, 9.17) is 4.74 Å². The van der Waals surface area contributed by atoms with E-state index in [1.165, 1.54) is 5.69 Å². The molecule has 1 aromatic carbocycles. The highest BCUT2D eigenvalue weighted by atomic mass is 79.9. The van der Waals surface area contributed by atoms with Gasteiger partial charge in [-0.3, -0.25) is 0 Å². The molecule has 1 aliphatic rings. The van der Waals surface area contributed by atoms with Gasteiger partial charge in [-0.25, -0.2) is 0 Å². The first kappa shape index (κ1) is 12.9. The summed E-state index contributed by atoms with van der Waals surface area (Å²) in [5, 5.41) is 3.61. The summed E-state index contributed by atoms with van der Waals surface area (Å²) in [5.41, 5.74) is 1.18. The number of hydrogen-bond donors (Lipinski definition) is 1. The van der Waals surface area contributed by atoms with E-state index in [-0.39, 0.29) is 0 Å². The summed E-state index contributed by atoms with van der Waals surface area (Å²) in [7, 11) is 0. The number of hydrogen-bond acceptors (Lipinski definition) is 2. The van der Waals surface area contributed by atoms with Crippen LogP contribution in [0.15, 0.2) is 28.7 Å². The van der Waals surface area contributed by atoms with Crippen molar-refractivity contribution in [3.05, 3.63) is 28.7 Å². The first-order valence-electron chi connectivity index (χ1n) is 6.29. The van der Waals surface area contributed by atoms with Crippen molar-refractivity contribution in [2.45, 2.75) is 38.8 Å². The lowest BCUT2D eigenvalue weighted by atomic mass is 9.95. The molecule has 1 saturated heterocycles. The SMILES string of the molecule is CC(C)C1CC(Nc2ccccc2Br)CCO1. The van der Waals surface area contributed by atoms with E-state index in [1.807, 2.05) is 6.07 Å². The number of para-hydroxylation sites is 1. The van der Waals surface area contributed by atoms with Gasteiger partial charge < -0.3 is 10.1 Å². The van der Waals surface area contributed by atoms with Gasteiger partial charge in [-0.15, -0.1) is 0 Å². The van der Waals surface area contributed by atoms with E-state index in [1.54, 1.807) is 0 Å². The van der Waals surface area contributed by atoms with Gasteiger partial charge in [0.05, 0.1) is 6.10 Å². The maximum atomic E-state index is 5.79. The summed E-state index contributed by atoms with van der Waals surface area (Å²) in [6.07, 6.45) is 2.58. The topological polar surface area (TPSA) is 21.3 Å². The molecule has 2 unspecified atom stereocenters. The van der Waals surface area contributed by atoms with Gasteiger partial charge in [0, 0.05) is 22.8 Å². The molecule has 2 nitrogen and oxygen atoms in total. The summed E-state index contributed by atoms with van der Waals surface area (Å²) in [4.78, 5) is 0. The minimum absolute atomic E-state index is 0.392. The third kappa shape index (κ3) is 3.46. The second-order valence-corrected chi connectivity index (χ2v) is 5.85. The molecule has 2 rings (SSSR count). The molecule has 0 radical (unpaired) electrons. The minimum atomic E-state index is 0.392. The molecule has 0 bridgehead atoms. The Morgan fingerprint density at radius 3 is 2.82 bits per heavy atom. The fourth-order valence-electron chi connectivity index (χ4n) is 2.22. The molecule has 1 heterocycles. The number of rotatable bonds is 3. The maximum Gasteiger partial charge on any atom is 0.0617 e. The van der Waals surface area contributed by atoms with Crippen LogP contribution in [0.1, 0.15) is 26.7 Å². The van der Waals surface area contributed by atoms with Crippen LogP contribution in [-0.4, -0.2) is 18.8 Å². The number of benzene rings is 1. The largest absolute Gasteiger partial charge is 0.381 e. The van der Waals surface area contributed by atoms with E-state index in [0.717, 1.165) is 23.9 Å². The summed E-state index contributed by atoms with van der Waals surface area (Å²) >= 11 is 3.57. The quantitative estimate of drug-likeness (QED) is 0.908. The van der Waals surface area contributed by atoms with Gasteiger partial charge in [-0.2, -0.15) is 0 Å². The first-order valence-corrected chi connectivity index (χ1v) is 7.09. The van der Waals surface area contributed by atoms with Crippen LogP contribution in [0.4, 0.5) is 5.69 Å². The van der Waals surface area contributed by atoms with Crippen LogP contribution in [0.25, 0.3) is 0 Å². The number of nitrogens with one attached hydrogen (secondary N) is 1. The summed E-state index contributed by atoms with van der Waals surface area (Å²) in [5.74, 6) is 0.596. The molecular weight excluding hydrogens is 278 g/mol. The lowest BCUT2D eigenvalue weighted by molar-refractivity contribution is -0.0160. The Bertz CT molecular complexity index is 367. The Labute approximate surface area is 112 Å². The van der Waals surface area contributed by atoms with Gasteiger partial charge in [0.25, 0.3) is 0 Å². The van der Waals surface area contributed by atoms with Gasteiger partial charge >= 0.3 is 0 Å². The highest BCUT2D eigenvalue weighted by Crippen LogP contribution is 2.27. The highest BCUT2D eigenvalue weighted by Gasteiger charge is 2.24. The molecule has 1 fully saturated rings. The van der Waals surface area contributed by atoms with Crippen molar-refractivity contribution in [1.29, 1.82) is 0 Å². The van der Waals surface area contributed by atoms with Crippen LogP contribution < -0.4 is 5.32 Å². The van der Waals surface area contributed by atoms with Crippen molar-refractivity contribution >= 4 is 21.6 Å². The summed E-state index contributed by atoms with van der Waals surface area (Å²) < 4.78 is 6.92. The van der Waals surface area contributed by atoms with E-state index in [9.17, 15) is 0 Å². The molecule has 0 saturated carbocycles. The Morgan fingerprint density at radius 2 is 2.12 bits per heavy atom. The second kappa shape index (κ2) is 5.87. The summed E-state index contributed by atoms with van der Waals surface area (Å²) in [6, 6.07) is 8.81. The predicted octanol–water partition coefficient (Wildman–Crippen LogP) is 4.06.